The van der Waals surface area contributed by atoms with E-state index in [0.29, 0.717) is 36.3 Å². The number of rotatable bonds is 6. The quantitative estimate of drug-likeness (QED) is 0.447. The van der Waals surface area contributed by atoms with E-state index < -0.39 is 5.60 Å². The van der Waals surface area contributed by atoms with Crippen LogP contribution in [0.5, 0.6) is 5.75 Å². The van der Waals surface area contributed by atoms with Gasteiger partial charge in [-0.25, -0.2) is 4.79 Å². The third-order valence-electron chi connectivity index (χ3n) is 3.97. The first-order valence-electron chi connectivity index (χ1n) is 7.92. The summed E-state index contributed by atoms with van der Waals surface area (Å²) in [5.74, 6) is 0.123. The first-order valence-corrected chi connectivity index (χ1v) is 9.50. The number of esters is 1. The van der Waals surface area contributed by atoms with Gasteiger partial charge in [-0.15, -0.1) is 0 Å². The number of benzene rings is 2. The van der Waals surface area contributed by atoms with E-state index in [9.17, 15) is 9.59 Å². The zero-order valence-corrected chi connectivity index (χ0v) is 16.7. The van der Waals surface area contributed by atoms with E-state index in [-0.39, 0.29) is 11.8 Å². The summed E-state index contributed by atoms with van der Waals surface area (Å²) < 4.78 is 12.3. The third-order valence-corrected chi connectivity index (χ3v) is 5.29. The molecule has 130 valence electrons. The Morgan fingerprint density at radius 1 is 1.04 bits per heavy atom. The van der Waals surface area contributed by atoms with Gasteiger partial charge in [-0.2, -0.15) is 0 Å². The summed E-state index contributed by atoms with van der Waals surface area (Å²) in [6.45, 7) is 2.10. The van der Waals surface area contributed by atoms with E-state index in [0.717, 1.165) is 8.95 Å². The average molecular weight is 468 g/mol. The van der Waals surface area contributed by atoms with Crippen molar-refractivity contribution < 1.29 is 19.1 Å². The van der Waals surface area contributed by atoms with Gasteiger partial charge in [-0.05, 0) is 75.2 Å². The molecular weight excluding hydrogens is 452 g/mol. The third kappa shape index (κ3) is 3.80. The van der Waals surface area contributed by atoms with Crippen LogP contribution in [-0.4, -0.2) is 24.0 Å². The zero-order chi connectivity index (χ0) is 18.0. The largest absolute Gasteiger partial charge is 0.476 e. The second-order valence-corrected chi connectivity index (χ2v) is 7.48. The monoisotopic (exact) mass is 466 g/mol. The standard InChI is InChI=1S/C19H16Br2O4/c1-2-24-18(23)19(10-11-19)25-13-8-6-12(7-9-13)17(22)16-14(20)4-3-5-15(16)21/h3-9H,2,10-11H2,1H3. The molecule has 0 aliphatic heterocycles. The second kappa shape index (κ2) is 7.30. The van der Waals surface area contributed by atoms with Gasteiger partial charge in [0.15, 0.2) is 5.78 Å². The Morgan fingerprint density at radius 2 is 1.64 bits per heavy atom. The average Bonchev–Trinajstić information content (AvgIpc) is 3.36. The summed E-state index contributed by atoms with van der Waals surface area (Å²) in [5.41, 5.74) is 0.259. The highest BCUT2D eigenvalue weighted by atomic mass is 79.9. The minimum atomic E-state index is -0.854. The van der Waals surface area contributed by atoms with Gasteiger partial charge in [0.1, 0.15) is 5.75 Å². The molecule has 0 atom stereocenters. The van der Waals surface area contributed by atoms with Crippen LogP contribution in [0.2, 0.25) is 0 Å². The Balaban J connectivity index is 1.77. The van der Waals surface area contributed by atoms with Crippen LogP contribution in [-0.2, 0) is 9.53 Å². The van der Waals surface area contributed by atoms with E-state index in [1.807, 2.05) is 18.2 Å². The van der Waals surface area contributed by atoms with Crippen molar-refractivity contribution in [3.8, 4) is 5.75 Å². The summed E-state index contributed by atoms with van der Waals surface area (Å²) in [5, 5.41) is 0. The summed E-state index contributed by atoms with van der Waals surface area (Å²) in [4.78, 5) is 24.7. The molecule has 0 amide bonds. The number of halogens is 2. The molecule has 0 unspecified atom stereocenters. The predicted octanol–water partition coefficient (Wildman–Crippen LogP) is 4.92. The molecular formula is C19H16Br2O4. The normalized spacial score (nSPS) is 14.7. The Kier molecular flexibility index (Phi) is 5.29. The fourth-order valence-electron chi connectivity index (χ4n) is 2.48. The number of carbonyl (C=O) groups is 2. The fraction of sp³-hybridized carbons (Fsp3) is 0.263. The van der Waals surface area contributed by atoms with E-state index >= 15 is 0 Å². The maximum Gasteiger partial charge on any atom is 0.350 e. The molecule has 0 saturated heterocycles. The number of carbonyl (C=O) groups excluding carboxylic acids is 2. The molecule has 3 rings (SSSR count). The van der Waals surface area contributed by atoms with E-state index in [4.69, 9.17) is 9.47 Å². The Hall–Kier alpha value is -1.66. The number of hydrogen-bond donors (Lipinski definition) is 0. The summed E-state index contributed by atoms with van der Waals surface area (Å²) in [6.07, 6.45) is 1.30. The SMILES string of the molecule is CCOC(=O)C1(Oc2ccc(C(=O)c3c(Br)cccc3Br)cc2)CC1. The van der Waals surface area contributed by atoms with Gasteiger partial charge < -0.3 is 9.47 Å². The van der Waals surface area contributed by atoms with Crippen molar-refractivity contribution in [1.82, 2.24) is 0 Å². The number of hydrogen-bond acceptors (Lipinski definition) is 4. The lowest BCUT2D eigenvalue weighted by molar-refractivity contribution is -0.153. The van der Waals surface area contributed by atoms with Gasteiger partial charge in [0.2, 0.25) is 5.60 Å². The zero-order valence-electron chi connectivity index (χ0n) is 13.6. The minimum absolute atomic E-state index is 0.0996. The Morgan fingerprint density at radius 3 is 2.16 bits per heavy atom. The molecule has 0 radical (unpaired) electrons. The van der Waals surface area contributed by atoms with Crippen molar-refractivity contribution in [3.05, 3.63) is 62.5 Å². The number of ether oxygens (including phenoxy) is 2. The maximum absolute atomic E-state index is 12.7. The van der Waals surface area contributed by atoms with Crippen molar-refractivity contribution in [1.29, 1.82) is 0 Å². The summed E-state index contributed by atoms with van der Waals surface area (Å²) in [7, 11) is 0. The van der Waals surface area contributed by atoms with Crippen LogP contribution in [0.3, 0.4) is 0 Å². The molecule has 2 aromatic carbocycles. The van der Waals surface area contributed by atoms with Crippen LogP contribution >= 0.6 is 31.9 Å². The lowest BCUT2D eigenvalue weighted by Gasteiger charge is -2.16. The topological polar surface area (TPSA) is 52.6 Å². The molecule has 0 bridgehead atoms. The minimum Gasteiger partial charge on any atom is -0.476 e. The lowest BCUT2D eigenvalue weighted by atomic mass is 10.0. The summed E-state index contributed by atoms with van der Waals surface area (Å²) in [6, 6.07) is 12.3. The van der Waals surface area contributed by atoms with Crippen LogP contribution in [0.1, 0.15) is 35.7 Å². The molecule has 0 aromatic heterocycles. The molecule has 0 spiro atoms. The van der Waals surface area contributed by atoms with Crippen molar-refractivity contribution in [2.45, 2.75) is 25.4 Å². The highest BCUT2D eigenvalue weighted by molar-refractivity contribution is 9.11. The van der Waals surface area contributed by atoms with Gasteiger partial charge in [-0.1, -0.05) is 6.07 Å². The second-order valence-electron chi connectivity index (χ2n) is 5.77. The van der Waals surface area contributed by atoms with Crippen molar-refractivity contribution in [2.24, 2.45) is 0 Å². The smallest absolute Gasteiger partial charge is 0.350 e. The van der Waals surface area contributed by atoms with Crippen molar-refractivity contribution >= 4 is 43.6 Å². The van der Waals surface area contributed by atoms with Crippen molar-refractivity contribution in [2.75, 3.05) is 6.61 Å². The molecule has 0 heterocycles. The molecule has 1 aliphatic rings. The fourth-order valence-corrected chi connectivity index (χ4v) is 3.84. The summed E-state index contributed by atoms with van der Waals surface area (Å²) >= 11 is 6.82. The maximum atomic E-state index is 12.7. The van der Waals surface area contributed by atoms with Crippen LogP contribution in [0, 0.1) is 0 Å². The van der Waals surface area contributed by atoms with Crippen molar-refractivity contribution in [3.63, 3.8) is 0 Å². The van der Waals surface area contributed by atoms with E-state index in [2.05, 4.69) is 31.9 Å². The van der Waals surface area contributed by atoms with Gasteiger partial charge in [-0.3, -0.25) is 4.79 Å². The number of ketones is 1. The van der Waals surface area contributed by atoms with Crippen LogP contribution < -0.4 is 4.74 Å². The van der Waals surface area contributed by atoms with Gasteiger partial charge in [0.05, 0.1) is 12.2 Å². The molecule has 25 heavy (non-hydrogen) atoms. The van der Waals surface area contributed by atoms with Crippen LogP contribution in [0.15, 0.2) is 51.4 Å². The van der Waals surface area contributed by atoms with E-state index in [1.54, 1.807) is 31.2 Å². The Labute approximate surface area is 162 Å². The molecule has 2 aromatic rings. The van der Waals surface area contributed by atoms with E-state index in [1.165, 1.54) is 0 Å². The molecule has 4 nitrogen and oxygen atoms in total. The molecule has 1 saturated carbocycles. The molecule has 1 aliphatic carbocycles. The molecule has 0 N–H and O–H groups in total. The first-order chi connectivity index (χ1) is 12.0. The first kappa shape index (κ1) is 18.1. The Bertz CT molecular complexity index is 790. The molecule has 1 fully saturated rings. The van der Waals surface area contributed by atoms with Gasteiger partial charge in [0, 0.05) is 27.4 Å². The lowest BCUT2D eigenvalue weighted by Crippen LogP contribution is -2.31. The highest BCUT2D eigenvalue weighted by Crippen LogP contribution is 2.41. The van der Waals surface area contributed by atoms with Gasteiger partial charge >= 0.3 is 5.97 Å². The molecule has 6 heteroatoms. The predicted molar refractivity (Wildman–Crippen MR) is 101 cm³/mol. The van der Waals surface area contributed by atoms with Crippen LogP contribution in [0.4, 0.5) is 0 Å². The van der Waals surface area contributed by atoms with Crippen LogP contribution in [0.25, 0.3) is 0 Å². The van der Waals surface area contributed by atoms with Gasteiger partial charge in [0.25, 0.3) is 0 Å². The highest BCUT2D eigenvalue weighted by Gasteiger charge is 2.54.